The quantitative estimate of drug-likeness (QED) is 0.561. The topological polar surface area (TPSA) is 89.2 Å². The molecule has 0 radical (unpaired) electrons. The molecule has 0 atom stereocenters. The van der Waals surface area contributed by atoms with Gasteiger partial charge in [-0.2, -0.15) is 0 Å². The van der Waals surface area contributed by atoms with Gasteiger partial charge >= 0.3 is 0 Å². The molecular weight excluding hydrogens is 395 g/mol. The van der Waals surface area contributed by atoms with Crippen molar-refractivity contribution in [1.29, 1.82) is 0 Å². The second-order valence-corrected chi connectivity index (χ2v) is 9.81. The predicted molar refractivity (Wildman–Crippen MR) is 124 cm³/mol. The van der Waals surface area contributed by atoms with E-state index >= 15 is 0 Å². The molecule has 0 spiro atoms. The Morgan fingerprint density at radius 2 is 1.77 bits per heavy atom. The zero-order valence-electron chi connectivity index (χ0n) is 17.6. The molecule has 0 fully saturated rings. The maximum atomic E-state index is 12.4. The van der Waals surface area contributed by atoms with Gasteiger partial charge in [0.05, 0.1) is 5.69 Å². The molecule has 7 heteroatoms. The van der Waals surface area contributed by atoms with E-state index in [0.717, 1.165) is 23.6 Å². The fraction of sp³-hybridized carbons (Fsp3) is 0.304. The van der Waals surface area contributed by atoms with E-state index in [1.54, 1.807) is 13.2 Å². The van der Waals surface area contributed by atoms with Crippen LogP contribution in [0.3, 0.4) is 0 Å². The Balaban J connectivity index is 2.06. The molecule has 3 aromatic rings. The van der Waals surface area contributed by atoms with Gasteiger partial charge < -0.3 is 5.73 Å². The van der Waals surface area contributed by atoms with Crippen molar-refractivity contribution in [2.24, 2.45) is 5.73 Å². The maximum absolute atomic E-state index is 12.4. The monoisotopic (exact) mass is 422 g/mol. The van der Waals surface area contributed by atoms with Crippen molar-refractivity contribution < 1.29 is 9.59 Å². The third kappa shape index (κ3) is 4.65. The van der Waals surface area contributed by atoms with Gasteiger partial charge in [0.15, 0.2) is 0 Å². The number of primary amides is 1. The number of rotatable bonds is 8. The fourth-order valence-corrected chi connectivity index (χ4v) is 5.67. The number of benzene rings is 2. The molecule has 30 heavy (non-hydrogen) atoms. The van der Waals surface area contributed by atoms with Gasteiger partial charge in [0, 0.05) is 31.6 Å². The summed E-state index contributed by atoms with van der Waals surface area (Å²) in [5.41, 5.74) is 7.04. The van der Waals surface area contributed by atoms with Gasteiger partial charge in [-0.3, -0.25) is 14.5 Å². The number of anilines is 1. The predicted octanol–water partition coefficient (Wildman–Crippen LogP) is 3.67. The van der Waals surface area contributed by atoms with Gasteiger partial charge in [-0.25, -0.2) is 9.97 Å². The summed E-state index contributed by atoms with van der Waals surface area (Å²) in [6.45, 7) is 4.47. The molecule has 156 valence electrons. The van der Waals surface area contributed by atoms with Crippen molar-refractivity contribution in [3.63, 3.8) is 0 Å². The molecule has 1 heterocycles. The van der Waals surface area contributed by atoms with Crippen LogP contribution >= 0.6 is 7.92 Å². The first-order valence-electron chi connectivity index (χ1n) is 10.1. The highest BCUT2D eigenvalue weighted by atomic mass is 31.1. The number of carbonyl (C=O) groups excluding carboxylic acids is 2. The number of hydrogen-bond acceptors (Lipinski definition) is 4. The molecular formula is C23H27N4O2P. The zero-order valence-corrected chi connectivity index (χ0v) is 18.5. The molecule has 0 aliphatic heterocycles. The van der Waals surface area contributed by atoms with E-state index in [1.165, 1.54) is 21.0 Å². The SMILES string of the molecule is CCP(CC)c1c(-c2ccnc(N(C)C(=O)CCC(N)=O)n2)ccc2ccccc12. The highest BCUT2D eigenvalue weighted by molar-refractivity contribution is 7.66. The van der Waals surface area contributed by atoms with Crippen molar-refractivity contribution in [2.75, 3.05) is 24.3 Å². The number of amides is 2. The summed E-state index contributed by atoms with van der Waals surface area (Å²) in [5, 5.41) is 3.83. The van der Waals surface area contributed by atoms with Crippen molar-refractivity contribution in [1.82, 2.24) is 9.97 Å². The number of carbonyl (C=O) groups is 2. The third-order valence-electron chi connectivity index (χ3n) is 5.16. The van der Waals surface area contributed by atoms with Crippen LogP contribution in [-0.4, -0.2) is 41.2 Å². The van der Waals surface area contributed by atoms with Crippen LogP contribution in [0, 0.1) is 0 Å². The zero-order chi connectivity index (χ0) is 21.7. The second-order valence-electron chi connectivity index (χ2n) is 7.02. The highest BCUT2D eigenvalue weighted by Gasteiger charge is 2.19. The minimum absolute atomic E-state index is 0.00891. The molecule has 0 saturated carbocycles. The van der Waals surface area contributed by atoms with Crippen LogP contribution in [0.5, 0.6) is 0 Å². The van der Waals surface area contributed by atoms with Crippen molar-refractivity contribution >= 4 is 41.8 Å². The molecule has 6 nitrogen and oxygen atoms in total. The van der Waals surface area contributed by atoms with Gasteiger partial charge in [0.25, 0.3) is 0 Å². The van der Waals surface area contributed by atoms with Crippen LogP contribution in [-0.2, 0) is 9.59 Å². The summed E-state index contributed by atoms with van der Waals surface area (Å²) in [6.07, 6.45) is 3.91. The van der Waals surface area contributed by atoms with Gasteiger partial charge in [0.1, 0.15) is 0 Å². The summed E-state index contributed by atoms with van der Waals surface area (Å²) in [6, 6.07) is 14.6. The van der Waals surface area contributed by atoms with Crippen LogP contribution in [0.25, 0.3) is 22.0 Å². The molecule has 2 N–H and O–H groups in total. The number of fused-ring (bicyclic) bond motifs is 1. The smallest absolute Gasteiger partial charge is 0.232 e. The minimum atomic E-state index is -0.500. The number of nitrogens with zero attached hydrogens (tertiary/aromatic N) is 3. The average molecular weight is 422 g/mol. The van der Waals surface area contributed by atoms with E-state index in [0.29, 0.717) is 5.95 Å². The van der Waals surface area contributed by atoms with E-state index < -0.39 is 5.91 Å². The molecule has 0 bridgehead atoms. The average Bonchev–Trinajstić information content (AvgIpc) is 2.77. The Labute approximate surface area is 178 Å². The molecule has 2 amide bonds. The first-order chi connectivity index (χ1) is 14.5. The van der Waals surface area contributed by atoms with Gasteiger partial charge in [-0.1, -0.05) is 58.2 Å². The minimum Gasteiger partial charge on any atom is -0.370 e. The standard InChI is InChI=1S/C23H27N4O2P/c1-4-30(5-2)22-17-9-7-6-8-16(17)10-11-18(22)19-14-15-25-23(26-19)27(3)21(29)13-12-20(24)28/h6-11,14-15H,4-5,12-13H2,1-3H3,(H2,24,28). The Kier molecular flexibility index (Phi) is 7.11. The Morgan fingerprint density at radius 3 is 2.47 bits per heavy atom. The number of nitrogens with two attached hydrogens (primary N) is 1. The normalized spacial score (nSPS) is 11.1. The first-order valence-corrected chi connectivity index (χ1v) is 11.8. The Morgan fingerprint density at radius 1 is 1.03 bits per heavy atom. The summed E-state index contributed by atoms with van der Waals surface area (Å²) in [5.74, 6) is -0.424. The molecule has 0 unspecified atom stereocenters. The molecule has 2 aromatic carbocycles. The Hall–Kier alpha value is -2.85. The van der Waals surface area contributed by atoms with Gasteiger partial charge in [0.2, 0.25) is 17.8 Å². The van der Waals surface area contributed by atoms with E-state index in [4.69, 9.17) is 10.7 Å². The molecule has 3 rings (SSSR count). The number of aromatic nitrogens is 2. The summed E-state index contributed by atoms with van der Waals surface area (Å²) < 4.78 is 0. The van der Waals surface area contributed by atoms with E-state index in [2.05, 4.69) is 55.2 Å². The molecule has 0 aliphatic carbocycles. The lowest BCUT2D eigenvalue weighted by Crippen LogP contribution is -2.29. The maximum Gasteiger partial charge on any atom is 0.232 e. The third-order valence-corrected chi connectivity index (χ3v) is 7.80. The van der Waals surface area contributed by atoms with Crippen LogP contribution in [0.2, 0.25) is 0 Å². The van der Waals surface area contributed by atoms with Crippen molar-refractivity contribution in [2.45, 2.75) is 26.7 Å². The van der Waals surface area contributed by atoms with Crippen LogP contribution in [0.15, 0.2) is 48.7 Å². The fourth-order valence-electron chi connectivity index (χ4n) is 3.51. The lowest BCUT2D eigenvalue weighted by Gasteiger charge is -2.21. The largest absolute Gasteiger partial charge is 0.370 e. The first kappa shape index (κ1) is 21.8. The lowest BCUT2D eigenvalue weighted by molar-refractivity contribution is -0.123. The van der Waals surface area contributed by atoms with E-state index in [9.17, 15) is 9.59 Å². The van der Waals surface area contributed by atoms with Crippen LogP contribution in [0.4, 0.5) is 5.95 Å². The van der Waals surface area contributed by atoms with E-state index in [-0.39, 0.29) is 26.7 Å². The summed E-state index contributed by atoms with van der Waals surface area (Å²) >= 11 is 0. The molecule has 1 aromatic heterocycles. The van der Waals surface area contributed by atoms with Crippen LogP contribution in [0.1, 0.15) is 26.7 Å². The molecule has 0 aliphatic rings. The lowest BCUT2D eigenvalue weighted by atomic mass is 10.0. The number of hydrogen-bond donors (Lipinski definition) is 1. The van der Waals surface area contributed by atoms with E-state index in [1.807, 2.05) is 6.07 Å². The summed E-state index contributed by atoms with van der Waals surface area (Å²) in [7, 11) is 1.28. The second kappa shape index (κ2) is 9.77. The Bertz CT molecular complexity index is 1070. The van der Waals surface area contributed by atoms with Crippen molar-refractivity contribution in [3.05, 3.63) is 48.7 Å². The highest BCUT2D eigenvalue weighted by Crippen LogP contribution is 2.40. The summed E-state index contributed by atoms with van der Waals surface area (Å²) in [4.78, 5) is 33.7. The van der Waals surface area contributed by atoms with Crippen LogP contribution < -0.4 is 15.9 Å². The molecule has 0 saturated heterocycles. The van der Waals surface area contributed by atoms with Crippen molar-refractivity contribution in [3.8, 4) is 11.3 Å². The van der Waals surface area contributed by atoms with Gasteiger partial charge in [-0.05, 0) is 34.5 Å². The van der Waals surface area contributed by atoms with Gasteiger partial charge in [-0.15, -0.1) is 0 Å².